The fourth-order valence-corrected chi connectivity index (χ4v) is 2.46. The van der Waals surface area contributed by atoms with E-state index in [0.29, 0.717) is 29.5 Å². The van der Waals surface area contributed by atoms with Crippen molar-refractivity contribution in [3.63, 3.8) is 0 Å². The maximum absolute atomic E-state index is 6.07. The van der Waals surface area contributed by atoms with Crippen molar-refractivity contribution in [1.82, 2.24) is 29.7 Å². The van der Waals surface area contributed by atoms with Crippen molar-refractivity contribution in [3.8, 4) is 11.5 Å². The first-order valence-electron chi connectivity index (χ1n) is 7.51. The molecule has 0 unspecified atom stereocenters. The molecule has 1 aromatic carbocycles. The van der Waals surface area contributed by atoms with Crippen molar-refractivity contribution in [2.75, 3.05) is 5.73 Å². The molecule has 7 nitrogen and oxygen atoms in total. The Labute approximate surface area is 138 Å². The Kier molecular flexibility index (Phi) is 3.38. The van der Waals surface area contributed by atoms with Crippen molar-refractivity contribution < 1.29 is 0 Å². The number of nitrogen functional groups attached to an aromatic ring is 1. The van der Waals surface area contributed by atoms with Gasteiger partial charge in [0, 0.05) is 18.6 Å². The maximum atomic E-state index is 6.07. The first-order chi connectivity index (χ1) is 11.7. The monoisotopic (exact) mass is 317 g/mol. The van der Waals surface area contributed by atoms with Gasteiger partial charge in [0.1, 0.15) is 11.5 Å². The Morgan fingerprint density at radius 1 is 1.08 bits per heavy atom. The lowest BCUT2D eigenvalue weighted by Crippen LogP contribution is -2.00. The molecule has 2 N–H and O–H groups in total. The SMILES string of the molecule is Cc1ccc(Cn2cc3c(N)nc(-c4cnccn4)nc3n2)cc1. The van der Waals surface area contributed by atoms with E-state index in [9.17, 15) is 0 Å². The molecule has 0 fully saturated rings. The molecule has 24 heavy (non-hydrogen) atoms. The summed E-state index contributed by atoms with van der Waals surface area (Å²) in [5, 5.41) is 5.25. The van der Waals surface area contributed by atoms with E-state index in [-0.39, 0.29) is 0 Å². The topological polar surface area (TPSA) is 95.4 Å². The predicted octanol–water partition coefficient (Wildman–Crippen LogP) is 2.22. The fourth-order valence-electron chi connectivity index (χ4n) is 2.46. The lowest BCUT2D eigenvalue weighted by molar-refractivity contribution is 0.693. The quantitative estimate of drug-likeness (QED) is 0.622. The van der Waals surface area contributed by atoms with Crippen LogP contribution in [-0.4, -0.2) is 29.7 Å². The minimum absolute atomic E-state index is 0.385. The summed E-state index contributed by atoms with van der Waals surface area (Å²) in [6, 6.07) is 8.33. The second-order valence-corrected chi connectivity index (χ2v) is 5.57. The number of anilines is 1. The van der Waals surface area contributed by atoms with Crippen LogP contribution in [-0.2, 0) is 6.54 Å². The Bertz CT molecular complexity index is 991. The number of aromatic nitrogens is 6. The van der Waals surface area contributed by atoms with E-state index in [2.05, 4.69) is 56.2 Å². The van der Waals surface area contributed by atoms with Crippen LogP contribution in [0.1, 0.15) is 11.1 Å². The van der Waals surface area contributed by atoms with Crippen LogP contribution in [0.15, 0.2) is 49.1 Å². The average molecular weight is 317 g/mol. The molecule has 0 atom stereocenters. The molecular formula is C17H15N7. The Morgan fingerprint density at radius 2 is 1.92 bits per heavy atom. The summed E-state index contributed by atoms with van der Waals surface area (Å²) < 4.78 is 1.82. The summed E-state index contributed by atoms with van der Waals surface area (Å²) in [6.45, 7) is 2.72. The number of fused-ring (bicyclic) bond motifs is 1. The van der Waals surface area contributed by atoms with Crippen LogP contribution in [0.25, 0.3) is 22.6 Å². The lowest BCUT2D eigenvalue weighted by Gasteiger charge is -2.01. The molecule has 0 bridgehead atoms. The third-order valence-corrected chi connectivity index (χ3v) is 3.71. The van der Waals surface area contributed by atoms with Gasteiger partial charge >= 0.3 is 0 Å². The van der Waals surface area contributed by atoms with E-state index in [4.69, 9.17) is 5.73 Å². The van der Waals surface area contributed by atoms with Gasteiger partial charge in [-0.25, -0.2) is 15.0 Å². The normalized spacial score (nSPS) is 11.0. The number of hydrogen-bond acceptors (Lipinski definition) is 6. The number of benzene rings is 1. The van der Waals surface area contributed by atoms with Crippen LogP contribution < -0.4 is 5.73 Å². The molecule has 0 aliphatic rings. The highest BCUT2D eigenvalue weighted by molar-refractivity contribution is 5.86. The summed E-state index contributed by atoms with van der Waals surface area (Å²) in [6.07, 6.45) is 6.66. The first-order valence-corrected chi connectivity index (χ1v) is 7.51. The molecule has 4 rings (SSSR count). The molecule has 0 amide bonds. The zero-order valence-electron chi connectivity index (χ0n) is 13.1. The molecule has 0 aliphatic carbocycles. The molecule has 3 aromatic heterocycles. The standard InChI is InChI=1S/C17H15N7/c1-11-2-4-12(5-3-11)9-24-10-13-15(18)21-17(22-16(13)23-24)14-8-19-6-7-20-14/h2-8,10H,9H2,1H3,(H2,18,21,22,23). The van der Waals surface area contributed by atoms with Gasteiger partial charge in [0.2, 0.25) is 0 Å². The highest BCUT2D eigenvalue weighted by Crippen LogP contribution is 2.21. The minimum atomic E-state index is 0.385. The number of nitrogens with zero attached hydrogens (tertiary/aromatic N) is 6. The van der Waals surface area contributed by atoms with Crippen molar-refractivity contribution in [2.45, 2.75) is 13.5 Å². The highest BCUT2D eigenvalue weighted by atomic mass is 15.3. The maximum Gasteiger partial charge on any atom is 0.187 e. The van der Waals surface area contributed by atoms with Crippen LogP contribution in [0, 0.1) is 6.92 Å². The first kappa shape index (κ1) is 14.3. The van der Waals surface area contributed by atoms with Crippen LogP contribution >= 0.6 is 0 Å². The Hall–Kier alpha value is -3.35. The second kappa shape index (κ2) is 5.69. The van der Waals surface area contributed by atoms with E-state index >= 15 is 0 Å². The Morgan fingerprint density at radius 3 is 2.67 bits per heavy atom. The summed E-state index contributed by atoms with van der Waals surface area (Å²) in [4.78, 5) is 17.0. The zero-order valence-corrected chi connectivity index (χ0v) is 13.1. The molecule has 7 heteroatoms. The molecule has 0 spiro atoms. The molecule has 0 saturated carbocycles. The average Bonchev–Trinajstić information content (AvgIpc) is 3.01. The van der Waals surface area contributed by atoms with Crippen LogP contribution in [0.4, 0.5) is 5.82 Å². The summed E-state index contributed by atoms with van der Waals surface area (Å²) >= 11 is 0. The smallest absolute Gasteiger partial charge is 0.187 e. The lowest BCUT2D eigenvalue weighted by atomic mass is 10.1. The minimum Gasteiger partial charge on any atom is -0.383 e. The van der Waals surface area contributed by atoms with E-state index in [0.717, 1.165) is 10.9 Å². The van der Waals surface area contributed by atoms with Crippen molar-refractivity contribution in [1.29, 1.82) is 0 Å². The molecule has 0 radical (unpaired) electrons. The number of hydrogen-bond donors (Lipinski definition) is 1. The number of rotatable bonds is 3. The van der Waals surface area contributed by atoms with Gasteiger partial charge in [0.15, 0.2) is 11.5 Å². The largest absolute Gasteiger partial charge is 0.383 e. The van der Waals surface area contributed by atoms with E-state index in [1.807, 2.05) is 10.9 Å². The second-order valence-electron chi connectivity index (χ2n) is 5.57. The van der Waals surface area contributed by atoms with Gasteiger partial charge in [0.25, 0.3) is 0 Å². The highest BCUT2D eigenvalue weighted by Gasteiger charge is 2.12. The van der Waals surface area contributed by atoms with Gasteiger partial charge in [-0.2, -0.15) is 5.10 Å². The van der Waals surface area contributed by atoms with E-state index < -0.39 is 0 Å². The van der Waals surface area contributed by atoms with Gasteiger partial charge in [-0.1, -0.05) is 29.8 Å². The molecule has 3 heterocycles. The Balaban J connectivity index is 1.72. The zero-order chi connectivity index (χ0) is 16.5. The van der Waals surface area contributed by atoms with Crippen molar-refractivity contribution >= 4 is 16.9 Å². The molecular weight excluding hydrogens is 302 g/mol. The molecule has 118 valence electrons. The summed E-state index contributed by atoms with van der Waals surface area (Å²) in [5.41, 5.74) is 9.58. The van der Waals surface area contributed by atoms with E-state index in [1.165, 1.54) is 5.56 Å². The third-order valence-electron chi connectivity index (χ3n) is 3.71. The van der Waals surface area contributed by atoms with Crippen LogP contribution in [0.3, 0.4) is 0 Å². The number of aryl methyl sites for hydroxylation is 1. The van der Waals surface area contributed by atoms with Crippen molar-refractivity contribution in [2.24, 2.45) is 0 Å². The molecule has 0 aliphatic heterocycles. The summed E-state index contributed by atoms with van der Waals surface area (Å²) in [5.74, 6) is 0.810. The van der Waals surface area contributed by atoms with Crippen LogP contribution in [0.2, 0.25) is 0 Å². The summed E-state index contributed by atoms with van der Waals surface area (Å²) in [7, 11) is 0. The van der Waals surface area contributed by atoms with Gasteiger partial charge in [-0.15, -0.1) is 0 Å². The van der Waals surface area contributed by atoms with Gasteiger partial charge in [0.05, 0.1) is 18.1 Å². The predicted molar refractivity (Wildman–Crippen MR) is 91.0 cm³/mol. The molecule has 0 saturated heterocycles. The number of nitrogens with two attached hydrogens (primary N) is 1. The van der Waals surface area contributed by atoms with Gasteiger partial charge < -0.3 is 5.73 Å². The van der Waals surface area contributed by atoms with Gasteiger partial charge in [-0.3, -0.25) is 9.67 Å². The van der Waals surface area contributed by atoms with Gasteiger partial charge in [-0.05, 0) is 12.5 Å². The third kappa shape index (κ3) is 2.67. The van der Waals surface area contributed by atoms with E-state index in [1.54, 1.807) is 18.6 Å². The van der Waals surface area contributed by atoms with Crippen LogP contribution in [0.5, 0.6) is 0 Å². The van der Waals surface area contributed by atoms with Crippen molar-refractivity contribution in [3.05, 3.63) is 60.2 Å². The fraction of sp³-hybridized carbons (Fsp3) is 0.118. The molecule has 4 aromatic rings.